The number of fused-ring (bicyclic) bond motifs is 2. The van der Waals surface area contributed by atoms with Gasteiger partial charge in [-0.05, 0) is 30.0 Å². The number of hydrogen-bond donors (Lipinski definition) is 0. The summed E-state index contributed by atoms with van der Waals surface area (Å²) in [6.45, 7) is 6.97. The molecular weight excluding hydrogens is 356 g/mol. The zero-order valence-electron chi connectivity index (χ0n) is 16.1. The molecule has 1 aromatic heterocycles. The van der Waals surface area contributed by atoms with Gasteiger partial charge in [0.2, 0.25) is 12.7 Å². The largest absolute Gasteiger partial charge is 0.454 e. The molecule has 0 unspecified atom stereocenters. The van der Waals surface area contributed by atoms with E-state index in [0.717, 1.165) is 62.3 Å². The highest BCUT2D eigenvalue weighted by Gasteiger charge is 2.26. The Morgan fingerprint density at radius 3 is 2.79 bits per heavy atom. The number of carbonyl (C=O) groups excluding carboxylic acids is 1. The minimum absolute atomic E-state index is 0.175. The SMILES string of the molecule is C[C@H]1CC(=O)c2cnc(N3CCN(Cc4ccc5c(c4)OCO5)CC3)nc2C1. The number of nitrogens with zero attached hydrogens (tertiary/aromatic N) is 4. The molecule has 28 heavy (non-hydrogen) atoms. The van der Waals surface area contributed by atoms with Crippen LogP contribution >= 0.6 is 0 Å². The van der Waals surface area contributed by atoms with Crippen molar-refractivity contribution in [3.63, 3.8) is 0 Å². The second-order valence-electron chi connectivity index (χ2n) is 7.92. The van der Waals surface area contributed by atoms with Gasteiger partial charge in [-0.1, -0.05) is 13.0 Å². The smallest absolute Gasteiger partial charge is 0.231 e. The van der Waals surface area contributed by atoms with E-state index in [4.69, 9.17) is 14.5 Å². The highest BCUT2D eigenvalue weighted by Crippen LogP contribution is 2.33. The number of piperazine rings is 1. The van der Waals surface area contributed by atoms with Crippen molar-refractivity contribution in [2.75, 3.05) is 37.9 Å². The minimum atomic E-state index is 0.175. The Bertz CT molecular complexity index is 909. The molecule has 1 aliphatic carbocycles. The molecule has 5 rings (SSSR count). The molecule has 0 spiro atoms. The van der Waals surface area contributed by atoms with Crippen LogP contribution in [0, 0.1) is 5.92 Å². The van der Waals surface area contributed by atoms with E-state index in [-0.39, 0.29) is 5.78 Å². The van der Waals surface area contributed by atoms with Crippen LogP contribution in [-0.2, 0) is 13.0 Å². The van der Waals surface area contributed by atoms with Crippen LogP contribution in [-0.4, -0.2) is 53.6 Å². The highest BCUT2D eigenvalue weighted by atomic mass is 16.7. The molecule has 1 saturated heterocycles. The predicted molar refractivity (Wildman–Crippen MR) is 104 cm³/mol. The summed E-state index contributed by atoms with van der Waals surface area (Å²) in [4.78, 5) is 26.0. The topological polar surface area (TPSA) is 67.8 Å². The van der Waals surface area contributed by atoms with E-state index < -0.39 is 0 Å². The molecule has 2 aliphatic heterocycles. The van der Waals surface area contributed by atoms with Gasteiger partial charge < -0.3 is 14.4 Å². The fourth-order valence-electron chi connectivity index (χ4n) is 4.18. The number of Topliss-reactive ketones (excluding diaryl/α,β-unsaturated/α-hetero) is 1. The lowest BCUT2D eigenvalue weighted by atomic mass is 9.88. The lowest BCUT2D eigenvalue weighted by Gasteiger charge is -2.35. The minimum Gasteiger partial charge on any atom is -0.454 e. The lowest BCUT2D eigenvalue weighted by Crippen LogP contribution is -2.46. The summed E-state index contributed by atoms with van der Waals surface area (Å²) >= 11 is 0. The van der Waals surface area contributed by atoms with Gasteiger partial charge in [-0.3, -0.25) is 9.69 Å². The molecular formula is C21H24N4O3. The maximum Gasteiger partial charge on any atom is 0.231 e. The molecule has 0 N–H and O–H groups in total. The van der Waals surface area contributed by atoms with E-state index in [1.165, 1.54) is 5.56 Å². The molecule has 0 saturated carbocycles. The third-order valence-electron chi connectivity index (χ3n) is 5.73. The van der Waals surface area contributed by atoms with Gasteiger partial charge in [-0.2, -0.15) is 0 Å². The number of anilines is 1. The van der Waals surface area contributed by atoms with Gasteiger partial charge in [0, 0.05) is 45.3 Å². The summed E-state index contributed by atoms with van der Waals surface area (Å²) in [6.07, 6.45) is 3.19. The maximum absolute atomic E-state index is 12.2. The quantitative estimate of drug-likeness (QED) is 0.809. The normalized spacial score (nSPS) is 21.7. The third-order valence-corrected chi connectivity index (χ3v) is 5.73. The molecule has 0 radical (unpaired) electrons. The molecule has 3 heterocycles. The Balaban J connectivity index is 1.23. The number of benzene rings is 1. The molecule has 7 nitrogen and oxygen atoms in total. The first kappa shape index (κ1) is 17.4. The molecule has 1 fully saturated rings. The van der Waals surface area contributed by atoms with Crippen molar-refractivity contribution < 1.29 is 14.3 Å². The van der Waals surface area contributed by atoms with Crippen LogP contribution in [0.5, 0.6) is 11.5 Å². The average molecular weight is 380 g/mol. The van der Waals surface area contributed by atoms with E-state index in [2.05, 4.69) is 33.8 Å². The van der Waals surface area contributed by atoms with Crippen LogP contribution in [0.3, 0.4) is 0 Å². The molecule has 2 aromatic rings. The fourth-order valence-corrected chi connectivity index (χ4v) is 4.18. The standard InChI is InChI=1S/C21H24N4O3/c1-14-8-17-16(18(26)9-14)11-22-21(23-17)25-6-4-24(5-7-25)12-15-2-3-19-20(10-15)28-13-27-19/h2-3,10-11,14H,4-9,12-13H2,1H3/t14-/m1/s1. The van der Waals surface area contributed by atoms with Gasteiger partial charge in [0.25, 0.3) is 0 Å². The highest BCUT2D eigenvalue weighted by molar-refractivity contribution is 5.98. The predicted octanol–water partition coefficient (Wildman–Crippen LogP) is 2.29. The second-order valence-corrected chi connectivity index (χ2v) is 7.92. The number of carbonyl (C=O) groups is 1. The van der Waals surface area contributed by atoms with Gasteiger partial charge in [-0.25, -0.2) is 9.97 Å². The average Bonchev–Trinajstić information content (AvgIpc) is 3.16. The summed E-state index contributed by atoms with van der Waals surface area (Å²) in [7, 11) is 0. The number of hydrogen-bond acceptors (Lipinski definition) is 7. The number of ether oxygens (including phenoxy) is 2. The first-order valence-corrected chi connectivity index (χ1v) is 9.90. The summed E-state index contributed by atoms with van der Waals surface area (Å²) in [5.74, 6) is 2.95. The van der Waals surface area contributed by atoms with E-state index in [9.17, 15) is 4.79 Å². The van der Waals surface area contributed by atoms with E-state index >= 15 is 0 Å². The molecule has 1 aromatic carbocycles. The Kier molecular flexibility index (Phi) is 4.39. The van der Waals surface area contributed by atoms with Crippen molar-refractivity contribution in [3.05, 3.63) is 41.2 Å². The van der Waals surface area contributed by atoms with E-state index in [1.807, 2.05) is 6.07 Å². The molecule has 3 aliphatic rings. The lowest BCUT2D eigenvalue weighted by molar-refractivity contribution is 0.0951. The van der Waals surface area contributed by atoms with Crippen LogP contribution in [0.15, 0.2) is 24.4 Å². The molecule has 146 valence electrons. The monoisotopic (exact) mass is 380 g/mol. The van der Waals surface area contributed by atoms with Crippen molar-refractivity contribution in [1.82, 2.24) is 14.9 Å². The van der Waals surface area contributed by atoms with Gasteiger partial charge in [0.15, 0.2) is 17.3 Å². The van der Waals surface area contributed by atoms with Crippen molar-refractivity contribution in [1.29, 1.82) is 0 Å². The summed E-state index contributed by atoms with van der Waals surface area (Å²) in [5, 5.41) is 0. The Morgan fingerprint density at radius 2 is 1.93 bits per heavy atom. The van der Waals surface area contributed by atoms with Crippen LogP contribution in [0.4, 0.5) is 5.95 Å². The van der Waals surface area contributed by atoms with Crippen LogP contribution in [0.1, 0.15) is 35.0 Å². The van der Waals surface area contributed by atoms with Crippen molar-refractivity contribution >= 4 is 11.7 Å². The van der Waals surface area contributed by atoms with E-state index in [1.54, 1.807) is 6.20 Å². The second kappa shape index (κ2) is 7.05. The first-order chi connectivity index (χ1) is 13.7. The molecule has 7 heteroatoms. The van der Waals surface area contributed by atoms with Gasteiger partial charge in [-0.15, -0.1) is 0 Å². The van der Waals surface area contributed by atoms with Crippen LogP contribution in [0.25, 0.3) is 0 Å². The summed E-state index contributed by atoms with van der Waals surface area (Å²) in [6, 6.07) is 6.15. The molecule has 1 atom stereocenters. The fraction of sp³-hybridized carbons (Fsp3) is 0.476. The Morgan fingerprint density at radius 1 is 1.11 bits per heavy atom. The van der Waals surface area contributed by atoms with Crippen molar-refractivity contribution in [2.45, 2.75) is 26.3 Å². The van der Waals surface area contributed by atoms with Crippen molar-refractivity contribution in [2.24, 2.45) is 5.92 Å². The molecule has 0 amide bonds. The maximum atomic E-state index is 12.2. The zero-order chi connectivity index (χ0) is 19.1. The van der Waals surface area contributed by atoms with Crippen LogP contribution < -0.4 is 14.4 Å². The third kappa shape index (κ3) is 3.30. The summed E-state index contributed by atoms with van der Waals surface area (Å²) in [5.41, 5.74) is 2.86. The number of rotatable bonds is 3. The van der Waals surface area contributed by atoms with Gasteiger partial charge in [0.05, 0.1) is 11.3 Å². The van der Waals surface area contributed by atoms with Gasteiger partial charge in [0.1, 0.15) is 0 Å². The van der Waals surface area contributed by atoms with Gasteiger partial charge >= 0.3 is 0 Å². The number of ketones is 1. The summed E-state index contributed by atoms with van der Waals surface area (Å²) < 4.78 is 10.9. The zero-order valence-corrected chi connectivity index (χ0v) is 16.1. The molecule has 0 bridgehead atoms. The Hall–Kier alpha value is -2.67. The Labute approximate surface area is 164 Å². The number of aromatic nitrogens is 2. The first-order valence-electron chi connectivity index (χ1n) is 9.90. The van der Waals surface area contributed by atoms with Crippen molar-refractivity contribution in [3.8, 4) is 11.5 Å². The van der Waals surface area contributed by atoms with Crippen LogP contribution in [0.2, 0.25) is 0 Å². The van der Waals surface area contributed by atoms with E-state index in [0.29, 0.717) is 24.7 Å².